The highest BCUT2D eigenvalue weighted by atomic mass is 32.2. The van der Waals surface area contributed by atoms with E-state index in [4.69, 9.17) is 0 Å². The van der Waals surface area contributed by atoms with E-state index in [-0.39, 0.29) is 18.0 Å². The normalized spacial score (nSPS) is 21.1. The lowest BCUT2D eigenvalue weighted by molar-refractivity contribution is 0.0730. The Labute approximate surface area is 160 Å². The van der Waals surface area contributed by atoms with Crippen LogP contribution < -0.4 is 4.31 Å². The number of carbonyl (C=O) groups is 1. The van der Waals surface area contributed by atoms with Crippen LogP contribution >= 0.6 is 0 Å². The number of anilines is 1. The molecule has 2 atom stereocenters. The van der Waals surface area contributed by atoms with Gasteiger partial charge in [-0.15, -0.1) is 0 Å². The van der Waals surface area contributed by atoms with E-state index in [1.165, 1.54) is 21.7 Å². The van der Waals surface area contributed by atoms with Crippen molar-refractivity contribution < 1.29 is 13.2 Å². The van der Waals surface area contributed by atoms with Crippen molar-refractivity contribution in [3.05, 3.63) is 64.7 Å². The Hall–Kier alpha value is -2.34. The Bertz CT molecular complexity index is 1020. The summed E-state index contributed by atoms with van der Waals surface area (Å²) in [6, 6.07) is 13.6. The molecule has 4 rings (SSSR count). The van der Waals surface area contributed by atoms with Gasteiger partial charge in [0.15, 0.2) is 0 Å². The number of sulfonamides is 1. The first-order valence-electron chi connectivity index (χ1n) is 9.24. The summed E-state index contributed by atoms with van der Waals surface area (Å²) in [5, 5.41) is 0. The Morgan fingerprint density at radius 2 is 1.89 bits per heavy atom. The molecule has 142 valence electrons. The zero-order valence-corrected chi connectivity index (χ0v) is 16.7. The highest BCUT2D eigenvalue weighted by Gasteiger charge is 2.34. The zero-order valence-electron chi connectivity index (χ0n) is 15.8. The van der Waals surface area contributed by atoms with Crippen molar-refractivity contribution in [3.63, 3.8) is 0 Å². The number of rotatable bonds is 3. The summed E-state index contributed by atoms with van der Waals surface area (Å²) in [4.78, 5) is 14.9. The minimum Gasteiger partial charge on any atom is -0.335 e. The summed E-state index contributed by atoms with van der Waals surface area (Å²) >= 11 is 0. The molecule has 27 heavy (non-hydrogen) atoms. The van der Waals surface area contributed by atoms with Crippen molar-refractivity contribution in [3.8, 4) is 0 Å². The average Bonchev–Trinajstić information content (AvgIpc) is 3.19. The molecule has 5 nitrogen and oxygen atoms in total. The fourth-order valence-corrected chi connectivity index (χ4v) is 5.79. The number of amides is 1. The first kappa shape index (κ1) is 18.0. The van der Waals surface area contributed by atoms with Gasteiger partial charge in [0, 0.05) is 18.7 Å². The summed E-state index contributed by atoms with van der Waals surface area (Å²) in [7, 11) is -1.47. The smallest absolute Gasteiger partial charge is 0.254 e. The van der Waals surface area contributed by atoms with Crippen LogP contribution in [-0.4, -0.2) is 38.6 Å². The number of carbonyl (C=O) groups excluding carboxylic acids is 1. The third-order valence-corrected chi connectivity index (χ3v) is 7.00. The molecule has 0 radical (unpaired) electrons. The van der Waals surface area contributed by atoms with Crippen LogP contribution in [0.3, 0.4) is 0 Å². The number of aryl methyl sites for hydroxylation is 1. The highest BCUT2D eigenvalue weighted by molar-refractivity contribution is 7.92. The molecule has 2 aliphatic rings. The SMILES string of the molecule is CC1Cc2cc(C(=O)N(C)C3CCc4ccccc43)ccc2N1S(C)(=O)=O. The molecule has 2 aromatic rings. The van der Waals surface area contributed by atoms with E-state index in [0.717, 1.165) is 18.4 Å². The van der Waals surface area contributed by atoms with Crippen molar-refractivity contribution in [1.29, 1.82) is 0 Å². The molecule has 1 aliphatic carbocycles. The van der Waals surface area contributed by atoms with Crippen LogP contribution in [-0.2, 0) is 22.9 Å². The van der Waals surface area contributed by atoms with Gasteiger partial charge in [-0.05, 0) is 61.1 Å². The van der Waals surface area contributed by atoms with Crippen molar-refractivity contribution in [2.75, 3.05) is 17.6 Å². The van der Waals surface area contributed by atoms with Crippen molar-refractivity contribution in [2.45, 2.75) is 38.3 Å². The summed E-state index contributed by atoms with van der Waals surface area (Å²) < 4.78 is 25.6. The molecule has 0 aromatic heterocycles. The van der Waals surface area contributed by atoms with Gasteiger partial charge in [-0.3, -0.25) is 9.10 Å². The monoisotopic (exact) mass is 384 g/mol. The average molecular weight is 385 g/mol. The molecule has 0 saturated heterocycles. The van der Waals surface area contributed by atoms with Gasteiger partial charge in [0.05, 0.1) is 18.0 Å². The molecule has 0 bridgehead atoms. The minimum absolute atomic E-state index is 0.0232. The first-order chi connectivity index (χ1) is 12.8. The number of fused-ring (bicyclic) bond motifs is 2. The largest absolute Gasteiger partial charge is 0.335 e. The molecule has 0 saturated carbocycles. The van der Waals surface area contributed by atoms with Crippen molar-refractivity contribution in [1.82, 2.24) is 4.90 Å². The molecule has 1 aliphatic heterocycles. The van der Waals surface area contributed by atoms with Gasteiger partial charge in [-0.2, -0.15) is 0 Å². The molecular weight excluding hydrogens is 360 g/mol. The van der Waals surface area contributed by atoms with Crippen LogP contribution in [0.5, 0.6) is 0 Å². The molecule has 0 spiro atoms. The van der Waals surface area contributed by atoms with Crippen LogP contribution in [0.2, 0.25) is 0 Å². The van der Waals surface area contributed by atoms with Crippen molar-refractivity contribution in [2.24, 2.45) is 0 Å². The number of hydrogen-bond acceptors (Lipinski definition) is 3. The van der Waals surface area contributed by atoms with Crippen LogP contribution in [0, 0.1) is 0 Å². The lowest BCUT2D eigenvalue weighted by Crippen LogP contribution is -2.34. The van der Waals surface area contributed by atoms with Crippen molar-refractivity contribution >= 4 is 21.6 Å². The van der Waals surface area contributed by atoms with Gasteiger partial charge in [0.1, 0.15) is 0 Å². The van der Waals surface area contributed by atoms with E-state index in [0.29, 0.717) is 17.7 Å². The summed E-state index contributed by atoms with van der Waals surface area (Å²) in [6.45, 7) is 1.89. The number of hydrogen-bond donors (Lipinski definition) is 0. The molecule has 2 aromatic carbocycles. The maximum absolute atomic E-state index is 13.1. The van der Waals surface area contributed by atoms with Gasteiger partial charge in [-0.1, -0.05) is 24.3 Å². The van der Waals surface area contributed by atoms with Gasteiger partial charge in [0.25, 0.3) is 5.91 Å². The highest BCUT2D eigenvalue weighted by Crippen LogP contribution is 2.37. The minimum atomic E-state index is -3.32. The van der Waals surface area contributed by atoms with E-state index in [9.17, 15) is 13.2 Å². The lowest BCUT2D eigenvalue weighted by Gasteiger charge is -2.26. The summed E-state index contributed by atoms with van der Waals surface area (Å²) in [5.41, 5.74) is 4.76. The second-order valence-corrected chi connectivity index (χ2v) is 9.48. The molecule has 0 N–H and O–H groups in total. The van der Waals surface area contributed by atoms with Crippen LogP contribution in [0.25, 0.3) is 0 Å². The topological polar surface area (TPSA) is 57.7 Å². The second kappa shape index (κ2) is 6.37. The molecular formula is C21H24N2O3S. The predicted octanol–water partition coefficient (Wildman–Crippen LogP) is 3.16. The molecule has 1 amide bonds. The number of nitrogens with zero attached hydrogens (tertiary/aromatic N) is 2. The molecule has 6 heteroatoms. The fraction of sp³-hybridized carbons (Fsp3) is 0.381. The van der Waals surface area contributed by atoms with E-state index in [1.807, 2.05) is 37.1 Å². The van der Waals surface area contributed by atoms with Gasteiger partial charge < -0.3 is 4.90 Å². The van der Waals surface area contributed by atoms with E-state index in [2.05, 4.69) is 12.1 Å². The second-order valence-electron chi connectivity index (χ2n) is 7.62. The maximum Gasteiger partial charge on any atom is 0.254 e. The Morgan fingerprint density at radius 3 is 2.63 bits per heavy atom. The maximum atomic E-state index is 13.1. The van der Waals surface area contributed by atoms with Gasteiger partial charge in [0.2, 0.25) is 10.0 Å². The first-order valence-corrected chi connectivity index (χ1v) is 11.1. The van der Waals surface area contributed by atoms with Gasteiger partial charge in [-0.25, -0.2) is 8.42 Å². The lowest BCUT2D eigenvalue weighted by atomic mass is 10.0. The predicted molar refractivity (Wildman–Crippen MR) is 107 cm³/mol. The fourth-order valence-electron chi connectivity index (χ4n) is 4.52. The van der Waals surface area contributed by atoms with Crippen LogP contribution in [0.15, 0.2) is 42.5 Å². The summed E-state index contributed by atoms with van der Waals surface area (Å²) in [6.07, 6.45) is 3.78. The van der Waals surface area contributed by atoms with E-state index >= 15 is 0 Å². The summed E-state index contributed by atoms with van der Waals surface area (Å²) in [5.74, 6) is -0.0232. The Balaban J connectivity index is 1.62. The zero-order chi connectivity index (χ0) is 19.3. The molecule has 2 unspecified atom stereocenters. The van der Waals surface area contributed by atoms with Crippen LogP contribution in [0.1, 0.15) is 46.4 Å². The number of benzene rings is 2. The quantitative estimate of drug-likeness (QED) is 0.817. The Morgan fingerprint density at radius 1 is 1.15 bits per heavy atom. The Kier molecular flexibility index (Phi) is 4.26. The standard InChI is InChI=1S/C21H24N2O3S/c1-14-12-17-13-16(9-10-19(17)23(14)27(3,25)26)21(24)22(2)20-11-8-15-6-4-5-7-18(15)20/h4-7,9-10,13-14,20H,8,11-12H2,1-3H3. The van der Waals surface area contributed by atoms with Gasteiger partial charge >= 0.3 is 0 Å². The van der Waals surface area contributed by atoms with Crippen LogP contribution in [0.4, 0.5) is 5.69 Å². The van der Waals surface area contributed by atoms with E-state index < -0.39 is 10.0 Å². The molecule has 0 fully saturated rings. The third kappa shape index (κ3) is 3.02. The molecule has 1 heterocycles. The van der Waals surface area contributed by atoms with E-state index in [1.54, 1.807) is 12.1 Å². The third-order valence-electron chi connectivity index (χ3n) is 5.73.